The van der Waals surface area contributed by atoms with Crippen LogP contribution in [-0.4, -0.2) is 26.4 Å². The smallest absolute Gasteiger partial charge is 0.274 e. The highest BCUT2D eigenvalue weighted by molar-refractivity contribution is 7.94. The first-order valence-corrected chi connectivity index (χ1v) is 9.90. The lowest BCUT2D eigenvalue weighted by Gasteiger charge is -2.29. The van der Waals surface area contributed by atoms with E-state index in [-0.39, 0.29) is 6.04 Å². The van der Waals surface area contributed by atoms with E-state index >= 15 is 0 Å². The summed E-state index contributed by atoms with van der Waals surface area (Å²) in [5.41, 5.74) is 7.49. The van der Waals surface area contributed by atoms with Crippen LogP contribution in [0.1, 0.15) is 19.4 Å². The number of carbonyl (C=O) groups is 1. The van der Waals surface area contributed by atoms with Crippen LogP contribution in [0.2, 0.25) is 0 Å². The van der Waals surface area contributed by atoms with Gasteiger partial charge in [0.05, 0.1) is 11.4 Å². The standard InChI is InChI=1S/C16H19N3O3S2/c1-10(2)19(24(21,22)14-7-4-8-23-14)13-6-3-5-11-9-12(16(17)20)18-15(11)13/h3-8,10,12,18H,9H2,1-2H3,(H2,17,20). The van der Waals surface area contributed by atoms with Gasteiger partial charge in [-0.25, -0.2) is 8.42 Å². The number of rotatable bonds is 5. The number of nitrogens with zero attached hydrogens (tertiary/aromatic N) is 1. The Kier molecular flexibility index (Phi) is 4.27. The van der Waals surface area contributed by atoms with Gasteiger partial charge in [-0.15, -0.1) is 11.3 Å². The topological polar surface area (TPSA) is 92.5 Å². The van der Waals surface area contributed by atoms with Crippen molar-refractivity contribution in [3.05, 3.63) is 41.3 Å². The van der Waals surface area contributed by atoms with E-state index in [4.69, 9.17) is 5.73 Å². The SMILES string of the molecule is CC(C)N(c1cccc2c1NC(C(N)=O)C2)S(=O)(=O)c1cccs1. The number of anilines is 2. The van der Waals surface area contributed by atoms with E-state index in [1.54, 1.807) is 29.6 Å². The zero-order chi connectivity index (χ0) is 17.5. The van der Waals surface area contributed by atoms with Crippen LogP contribution in [0.25, 0.3) is 0 Å². The van der Waals surface area contributed by atoms with Crippen LogP contribution in [-0.2, 0) is 21.2 Å². The molecule has 1 aromatic carbocycles. The average Bonchev–Trinajstić information content (AvgIpc) is 3.17. The Morgan fingerprint density at radius 3 is 2.67 bits per heavy atom. The van der Waals surface area contributed by atoms with Crippen molar-refractivity contribution >= 4 is 38.6 Å². The molecule has 1 aromatic heterocycles. The van der Waals surface area contributed by atoms with Gasteiger partial charge in [0.15, 0.2) is 0 Å². The Morgan fingerprint density at radius 2 is 2.08 bits per heavy atom. The number of nitrogens with one attached hydrogen (secondary N) is 1. The quantitative estimate of drug-likeness (QED) is 0.849. The van der Waals surface area contributed by atoms with Gasteiger partial charge in [0.1, 0.15) is 10.3 Å². The Labute approximate surface area is 145 Å². The summed E-state index contributed by atoms with van der Waals surface area (Å²) in [5, 5.41) is 4.82. The lowest BCUT2D eigenvalue weighted by molar-refractivity contribution is -0.118. The number of para-hydroxylation sites is 1. The molecule has 1 aliphatic heterocycles. The molecule has 0 spiro atoms. The average molecular weight is 365 g/mol. The van der Waals surface area contributed by atoms with Crippen LogP contribution in [0.5, 0.6) is 0 Å². The van der Waals surface area contributed by atoms with E-state index in [1.807, 2.05) is 19.9 Å². The number of benzene rings is 1. The summed E-state index contributed by atoms with van der Waals surface area (Å²) in [6.45, 7) is 3.65. The molecule has 0 saturated heterocycles. The fraction of sp³-hybridized carbons (Fsp3) is 0.312. The van der Waals surface area contributed by atoms with Crippen molar-refractivity contribution in [3.8, 4) is 0 Å². The van der Waals surface area contributed by atoms with Crippen LogP contribution in [0.3, 0.4) is 0 Å². The highest BCUT2D eigenvalue weighted by atomic mass is 32.2. The summed E-state index contributed by atoms with van der Waals surface area (Å²) >= 11 is 1.18. The first-order chi connectivity index (χ1) is 11.3. The molecule has 8 heteroatoms. The molecule has 0 aliphatic carbocycles. The van der Waals surface area contributed by atoms with Crippen LogP contribution in [0.15, 0.2) is 39.9 Å². The number of primary amides is 1. The number of fused-ring (bicyclic) bond motifs is 1. The second-order valence-corrected chi connectivity index (χ2v) is 8.93. The summed E-state index contributed by atoms with van der Waals surface area (Å²) in [7, 11) is -3.67. The summed E-state index contributed by atoms with van der Waals surface area (Å²) in [5.74, 6) is -0.450. The molecule has 0 bridgehead atoms. The Balaban J connectivity index is 2.10. The maximum absolute atomic E-state index is 13.1. The third-order valence-electron chi connectivity index (χ3n) is 3.93. The predicted octanol–water partition coefficient (Wildman–Crippen LogP) is 2.17. The minimum absolute atomic E-state index is 0.280. The lowest BCUT2D eigenvalue weighted by atomic mass is 10.1. The van der Waals surface area contributed by atoms with Crippen molar-refractivity contribution in [1.82, 2.24) is 0 Å². The van der Waals surface area contributed by atoms with Crippen molar-refractivity contribution < 1.29 is 13.2 Å². The molecule has 3 rings (SSSR count). The van der Waals surface area contributed by atoms with E-state index in [2.05, 4.69) is 5.32 Å². The molecule has 3 N–H and O–H groups in total. The first kappa shape index (κ1) is 16.8. The molecular formula is C16H19N3O3S2. The zero-order valence-electron chi connectivity index (χ0n) is 13.4. The normalized spacial score (nSPS) is 16.7. The zero-order valence-corrected chi connectivity index (χ0v) is 15.0. The van der Waals surface area contributed by atoms with Crippen LogP contribution in [0, 0.1) is 0 Å². The minimum atomic E-state index is -3.67. The van der Waals surface area contributed by atoms with Crippen LogP contribution in [0.4, 0.5) is 11.4 Å². The molecule has 2 heterocycles. The van der Waals surface area contributed by atoms with E-state index in [0.29, 0.717) is 22.0 Å². The first-order valence-electron chi connectivity index (χ1n) is 7.58. The van der Waals surface area contributed by atoms with Crippen molar-refractivity contribution in [2.75, 3.05) is 9.62 Å². The molecule has 128 valence electrons. The molecule has 1 aliphatic rings. The van der Waals surface area contributed by atoms with Gasteiger partial charge < -0.3 is 11.1 Å². The summed E-state index contributed by atoms with van der Waals surface area (Å²) in [4.78, 5) is 11.5. The van der Waals surface area contributed by atoms with E-state index in [1.165, 1.54) is 15.6 Å². The van der Waals surface area contributed by atoms with Gasteiger partial charge in [0.25, 0.3) is 10.0 Å². The van der Waals surface area contributed by atoms with E-state index in [9.17, 15) is 13.2 Å². The van der Waals surface area contributed by atoms with Gasteiger partial charge in [0, 0.05) is 12.5 Å². The van der Waals surface area contributed by atoms with Gasteiger partial charge in [-0.05, 0) is 36.9 Å². The summed E-state index contributed by atoms with van der Waals surface area (Å²) in [6.07, 6.45) is 0.462. The number of nitrogens with two attached hydrogens (primary N) is 1. The largest absolute Gasteiger partial charge is 0.371 e. The Morgan fingerprint density at radius 1 is 1.33 bits per heavy atom. The Hall–Kier alpha value is -2.06. The molecule has 24 heavy (non-hydrogen) atoms. The molecular weight excluding hydrogens is 346 g/mol. The van der Waals surface area contributed by atoms with Crippen molar-refractivity contribution in [2.45, 2.75) is 36.6 Å². The molecule has 1 unspecified atom stereocenters. The van der Waals surface area contributed by atoms with Crippen molar-refractivity contribution in [1.29, 1.82) is 0 Å². The summed E-state index contributed by atoms with van der Waals surface area (Å²) in [6, 6.07) is 7.95. The molecule has 0 radical (unpaired) electrons. The van der Waals surface area contributed by atoms with Gasteiger partial charge in [-0.1, -0.05) is 18.2 Å². The van der Waals surface area contributed by atoms with Gasteiger partial charge in [0.2, 0.25) is 5.91 Å². The second kappa shape index (κ2) is 6.10. The van der Waals surface area contributed by atoms with Crippen LogP contribution < -0.4 is 15.4 Å². The molecule has 2 aromatic rings. The third kappa shape index (κ3) is 2.76. The van der Waals surface area contributed by atoms with Crippen molar-refractivity contribution in [3.63, 3.8) is 0 Å². The minimum Gasteiger partial charge on any atom is -0.371 e. The van der Waals surface area contributed by atoms with Crippen LogP contribution >= 0.6 is 11.3 Å². The highest BCUT2D eigenvalue weighted by Gasteiger charge is 2.34. The summed E-state index contributed by atoms with van der Waals surface area (Å²) < 4.78 is 27.8. The molecule has 0 saturated carbocycles. The number of amides is 1. The van der Waals surface area contributed by atoms with E-state index in [0.717, 1.165) is 5.56 Å². The van der Waals surface area contributed by atoms with E-state index < -0.39 is 22.0 Å². The molecule has 1 atom stereocenters. The van der Waals surface area contributed by atoms with Gasteiger partial charge >= 0.3 is 0 Å². The molecule has 6 nitrogen and oxygen atoms in total. The van der Waals surface area contributed by atoms with Crippen molar-refractivity contribution in [2.24, 2.45) is 5.73 Å². The fourth-order valence-corrected chi connectivity index (χ4v) is 5.67. The van der Waals surface area contributed by atoms with Gasteiger partial charge in [-0.2, -0.15) is 0 Å². The number of hydrogen-bond donors (Lipinski definition) is 2. The predicted molar refractivity (Wildman–Crippen MR) is 95.9 cm³/mol. The Bertz CT molecular complexity index is 861. The monoisotopic (exact) mass is 365 g/mol. The maximum atomic E-state index is 13.1. The lowest BCUT2D eigenvalue weighted by Crippen LogP contribution is -2.37. The van der Waals surface area contributed by atoms with Gasteiger partial charge in [-0.3, -0.25) is 9.10 Å². The third-order valence-corrected chi connectivity index (χ3v) is 7.29. The number of thiophene rings is 1. The fourth-order valence-electron chi connectivity index (χ4n) is 2.92. The molecule has 0 fully saturated rings. The molecule has 1 amide bonds. The number of sulfonamides is 1. The maximum Gasteiger partial charge on any atom is 0.274 e. The number of carbonyl (C=O) groups excluding carboxylic acids is 1. The second-order valence-electron chi connectivity index (χ2n) is 5.94. The number of hydrogen-bond acceptors (Lipinski definition) is 5. The highest BCUT2D eigenvalue weighted by Crippen LogP contribution is 2.39.